The van der Waals surface area contributed by atoms with Crippen LogP contribution in [-0.2, 0) is 15.9 Å². The van der Waals surface area contributed by atoms with Crippen molar-refractivity contribution in [1.82, 2.24) is 9.88 Å². The summed E-state index contributed by atoms with van der Waals surface area (Å²) in [5.74, 6) is 0.180. The number of methoxy groups -OCH3 is 2. The Morgan fingerprint density at radius 2 is 2.00 bits per heavy atom. The zero-order chi connectivity index (χ0) is 15.0. The largest absolute Gasteiger partial charge is 0.377 e. The van der Waals surface area contributed by atoms with E-state index >= 15 is 0 Å². The topological polar surface area (TPSA) is 54.9 Å². The molecule has 0 aliphatic carbocycles. The van der Waals surface area contributed by atoms with Crippen LogP contribution in [0.25, 0.3) is 0 Å². The van der Waals surface area contributed by atoms with E-state index in [1.807, 2.05) is 0 Å². The molecule has 114 valence electrons. The highest BCUT2D eigenvalue weighted by Gasteiger charge is 2.39. The van der Waals surface area contributed by atoms with Crippen LogP contribution in [0.1, 0.15) is 5.56 Å². The Morgan fingerprint density at radius 1 is 1.33 bits per heavy atom. The van der Waals surface area contributed by atoms with Crippen molar-refractivity contribution in [2.75, 3.05) is 38.8 Å². The molecule has 2 aliphatic heterocycles. The second kappa shape index (κ2) is 5.57. The average molecular weight is 295 g/mol. The second-order valence-electron chi connectivity index (χ2n) is 5.27. The van der Waals surface area contributed by atoms with Crippen LogP contribution < -0.4 is 4.90 Å². The minimum absolute atomic E-state index is 0.123. The number of amides is 2. The maximum Gasteiger partial charge on any atom is 0.325 e. The Balaban J connectivity index is 1.76. The van der Waals surface area contributed by atoms with Gasteiger partial charge in [-0.1, -0.05) is 0 Å². The Hall–Kier alpha value is -1.73. The SMILES string of the molecule is CO[C@H]1CN(C(=O)N2CCc3cc(F)cnc32)C[C@H]1OC. The number of carbonyl (C=O) groups is 1. The molecular weight excluding hydrogens is 277 g/mol. The predicted octanol–water partition coefficient (Wildman–Crippen LogP) is 1.05. The molecule has 0 saturated carbocycles. The first-order valence-corrected chi connectivity index (χ1v) is 6.90. The Kier molecular flexibility index (Phi) is 3.77. The number of urea groups is 1. The van der Waals surface area contributed by atoms with Crippen molar-refractivity contribution < 1.29 is 18.7 Å². The minimum atomic E-state index is -0.372. The number of rotatable bonds is 2. The van der Waals surface area contributed by atoms with Crippen molar-refractivity contribution in [2.24, 2.45) is 0 Å². The molecule has 0 unspecified atom stereocenters. The number of hydrogen-bond acceptors (Lipinski definition) is 4. The van der Waals surface area contributed by atoms with Crippen molar-refractivity contribution in [2.45, 2.75) is 18.6 Å². The van der Waals surface area contributed by atoms with E-state index in [1.54, 1.807) is 24.0 Å². The van der Waals surface area contributed by atoms with Crippen LogP contribution in [0.5, 0.6) is 0 Å². The minimum Gasteiger partial charge on any atom is -0.377 e. The van der Waals surface area contributed by atoms with Gasteiger partial charge in [0.2, 0.25) is 0 Å². The number of nitrogens with zero attached hydrogens (tertiary/aromatic N) is 3. The van der Waals surface area contributed by atoms with Gasteiger partial charge < -0.3 is 14.4 Å². The highest BCUT2D eigenvalue weighted by molar-refractivity contribution is 5.93. The monoisotopic (exact) mass is 295 g/mol. The van der Waals surface area contributed by atoms with Crippen molar-refractivity contribution in [3.63, 3.8) is 0 Å². The molecule has 6 nitrogen and oxygen atoms in total. The van der Waals surface area contributed by atoms with Gasteiger partial charge in [0.15, 0.2) is 0 Å². The number of carbonyl (C=O) groups excluding carboxylic acids is 1. The summed E-state index contributed by atoms with van der Waals surface area (Å²) in [4.78, 5) is 20.0. The van der Waals surface area contributed by atoms with Gasteiger partial charge in [0.1, 0.15) is 23.8 Å². The summed E-state index contributed by atoms with van der Waals surface area (Å²) in [6.45, 7) is 1.50. The summed E-state index contributed by atoms with van der Waals surface area (Å²) >= 11 is 0. The van der Waals surface area contributed by atoms with Gasteiger partial charge in [0, 0.05) is 20.8 Å². The lowest BCUT2D eigenvalue weighted by molar-refractivity contribution is -0.00461. The molecule has 0 radical (unpaired) electrons. The van der Waals surface area contributed by atoms with Gasteiger partial charge in [-0.2, -0.15) is 0 Å². The molecule has 1 saturated heterocycles. The molecule has 0 aromatic carbocycles. The second-order valence-corrected chi connectivity index (χ2v) is 5.27. The third kappa shape index (κ3) is 2.47. The molecule has 1 aromatic rings. The van der Waals surface area contributed by atoms with Crippen LogP contribution in [0.3, 0.4) is 0 Å². The van der Waals surface area contributed by atoms with Crippen molar-refractivity contribution in [3.8, 4) is 0 Å². The van der Waals surface area contributed by atoms with Gasteiger partial charge in [-0.15, -0.1) is 0 Å². The third-order valence-electron chi connectivity index (χ3n) is 4.09. The summed E-state index contributed by atoms with van der Waals surface area (Å²) in [5.41, 5.74) is 0.772. The molecule has 0 N–H and O–H groups in total. The lowest BCUT2D eigenvalue weighted by atomic mass is 10.2. The summed E-state index contributed by atoms with van der Waals surface area (Å²) in [5, 5.41) is 0. The standard InChI is InChI=1S/C14H18FN3O3/c1-20-11-7-17(8-12(11)21-2)14(19)18-4-3-9-5-10(15)6-16-13(9)18/h5-6,11-12H,3-4,7-8H2,1-2H3/t11-,12+. The number of halogens is 1. The summed E-state index contributed by atoms with van der Waals surface area (Å²) in [6.07, 6.45) is 1.52. The van der Waals surface area contributed by atoms with E-state index in [0.29, 0.717) is 31.9 Å². The number of fused-ring (bicyclic) bond motifs is 1. The molecular formula is C14H18FN3O3. The molecule has 2 amide bonds. The molecule has 1 fully saturated rings. The number of ether oxygens (including phenoxy) is 2. The molecule has 21 heavy (non-hydrogen) atoms. The molecule has 3 rings (SSSR count). The molecule has 0 spiro atoms. The van der Waals surface area contributed by atoms with Gasteiger partial charge in [-0.3, -0.25) is 4.90 Å². The quantitative estimate of drug-likeness (QED) is 0.818. The fraction of sp³-hybridized carbons (Fsp3) is 0.571. The highest BCUT2D eigenvalue weighted by atomic mass is 19.1. The molecule has 3 heterocycles. The zero-order valence-corrected chi connectivity index (χ0v) is 12.1. The molecule has 0 bridgehead atoms. The van der Waals surface area contributed by atoms with Gasteiger partial charge in [0.05, 0.1) is 19.3 Å². The maximum atomic E-state index is 13.2. The van der Waals surface area contributed by atoms with Gasteiger partial charge in [-0.25, -0.2) is 14.2 Å². The van der Waals surface area contributed by atoms with Crippen molar-refractivity contribution in [3.05, 3.63) is 23.6 Å². The maximum absolute atomic E-state index is 13.2. The number of anilines is 1. The fourth-order valence-electron chi connectivity index (χ4n) is 2.95. The van der Waals surface area contributed by atoms with E-state index in [1.165, 1.54) is 6.07 Å². The van der Waals surface area contributed by atoms with E-state index in [2.05, 4.69) is 4.98 Å². The smallest absolute Gasteiger partial charge is 0.325 e. The van der Waals surface area contributed by atoms with Gasteiger partial charge in [0.25, 0.3) is 0 Å². The molecule has 2 aliphatic rings. The highest BCUT2D eigenvalue weighted by Crippen LogP contribution is 2.28. The van der Waals surface area contributed by atoms with Crippen LogP contribution in [0, 0.1) is 5.82 Å². The van der Waals surface area contributed by atoms with E-state index in [-0.39, 0.29) is 24.1 Å². The molecule has 2 atom stereocenters. The Morgan fingerprint density at radius 3 is 2.62 bits per heavy atom. The summed E-state index contributed by atoms with van der Waals surface area (Å²) in [6, 6.07) is 1.31. The Labute approximate surface area is 122 Å². The third-order valence-corrected chi connectivity index (χ3v) is 4.09. The van der Waals surface area contributed by atoms with E-state index < -0.39 is 0 Å². The van der Waals surface area contributed by atoms with Crippen LogP contribution in [0.2, 0.25) is 0 Å². The zero-order valence-electron chi connectivity index (χ0n) is 12.1. The molecule has 1 aromatic heterocycles. The van der Waals surface area contributed by atoms with Crippen molar-refractivity contribution in [1.29, 1.82) is 0 Å². The fourth-order valence-corrected chi connectivity index (χ4v) is 2.95. The number of likely N-dealkylation sites (tertiary alicyclic amines) is 1. The number of aromatic nitrogens is 1. The van der Waals surface area contributed by atoms with Crippen LogP contribution in [0.4, 0.5) is 15.0 Å². The van der Waals surface area contributed by atoms with E-state index in [0.717, 1.165) is 11.8 Å². The summed E-state index contributed by atoms with van der Waals surface area (Å²) in [7, 11) is 3.22. The van der Waals surface area contributed by atoms with Crippen LogP contribution in [-0.4, -0.2) is 62.0 Å². The van der Waals surface area contributed by atoms with E-state index in [9.17, 15) is 9.18 Å². The number of hydrogen-bond donors (Lipinski definition) is 0. The molecule has 7 heteroatoms. The first-order valence-electron chi connectivity index (χ1n) is 6.90. The lowest BCUT2D eigenvalue weighted by Gasteiger charge is -2.23. The summed E-state index contributed by atoms with van der Waals surface area (Å²) < 4.78 is 23.9. The van der Waals surface area contributed by atoms with Gasteiger partial charge in [-0.05, 0) is 18.1 Å². The van der Waals surface area contributed by atoms with Crippen molar-refractivity contribution >= 4 is 11.8 Å². The van der Waals surface area contributed by atoms with Gasteiger partial charge >= 0.3 is 6.03 Å². The normalized spacial score (nSPS) is 24.5. The van der Waals surface area contributed by atoms with E-state index in [4.69, 9.17) is 9.47 Å². The predicted molar refractivity (Wildman–Crippen MR) is 73.8 cm³/mol. The van der Waals surface area contributed by atoms with Crippen LogP contribution in [0.15, 0.2) is 12.3 Å². The first-order chi connectivity index (χ1) is 10.1. The lowest BCUT2D eigenvalue weighted by Crippen LogP contribution is -2.42. The first kappa shape index (κ1) is 14.2. The number of pyridine rings is 1. The van der Waals surface area contributed by atoms with Crippen LogP contribution >= 0.6 is 0 Å². The Bertz CT molecular complexity index is 542. The average Bonchev–Trinajstić information content (AvgIpc) is 3.09.